The normalized spacial score (nSPS) is 9.44. The largest absolute Gasteiger partial charge is 0.494 e. The molecule has 5 heteroatoms. The summed E-state index contributed by atoms with van der Waals surface area (Å²) in [5.41, 5.74) is 6.67. The zero-order chi connectivity index (χ0) is 13.0. The number of ether oxygens (including phenoxy) is 1. The molecule has 0 saturated carbocycles. The maximum absolute atomic E-state index is 13.5. The van der Waals surface area contributed by atoms with Crippen LogP contribution in [0.1, 0.15) is 11.3 Å². The highest BCUT2D eigenvalue weighted by Gasteiger charge is 2.06. The van der Waals surface area contributed by atoms with Crippen molar-refractivity contribution < 1.29 is 9.13 Å². The van der Waals surface area contributed by atoms with E-state index in [4.69, 9.17) is 10.5 Å². The highest BCUT2D eigenvalue weighted by Crippen LogP contribution is 2.18. The molecule has 2 heterocycles. The van der Waals surface area contributed by atoms with Gasteiger partial charge in [-0.2, -0.15) is 0 Å². The summed E-state index contributed by atoms with van der Waals surface area (Å²) in [6.07, 6.45) is 4.05. The molecule has 0 radical (unpaired) electrons. The first-order chi connectivity index (χ1) is 8.72. The quantitative estimate of drug-likeness (QED) is 0.773. The molecule has 2 N–H and O–H groups in total. The van der Waals surface area contributed by atoms with Crippen molar-refractivity contribution in [1.29, 1.82) is 0 Å². The van der Waals surface area contributed by atoms with Crippen molar-refractivity contribution in [3.8, 4) is 17.6 Å². The summed E-state index contributed by atoms with van der Waals surface area (Å²) < 4.78 is 18.5. The van der Waals surface area contributed by atoms with E-state index in [0.717, 1.165) is 6.20 Å². The minimum atomic E-state index is -0.545. The Morgan fingerprint density at radius 1 is 1.33 bits per heavy atom. The summed E-state index contributed by atoms with van der Waals surface area (Å²) in [5, 5.41) is 0. The molecular weight excluding hydrogens is 233 g/mol. The van der Waals surface area contributed by atoms with Gasteiger partial charge in [0.1, 0.15) is 11.3 Å². The standard InChI is InChI=1S/C13H10FN3O/c1-18-13-8-16-7-10(14)9(13)4-5-12-11(15)3-2-6-17-12/h2-3,6-8H,15H2,1H3. The molecule has 0 saturated heterocycles. The van der Waals surface area contributed by atoms with E-state index < -0.39 is 5.82 Å². The topological polar surface area (TPSA) is 61.0 Å². The van der Waals surface area contributed by atoms with Gasteiger partial charge in [0.25, 0.3) is 0 Å². The Kier molecular flexibility index (Phi) is 3.39. The summed E-state index contributed by atoms with van der Waals surface area (Å²) in [7, 11) is 1.43. The van der Waals surface area contributed by atoms with E-state index in [-0.39, 0.29) is 11.3 Å². The predicted molar refractivity (Wildman–Crippen MR) is 65.4 cm³/mol. The number of aromatic nitrogens is 2. The Morgan fingerprint density at radius 2 is 2.17 bits per heavy atom. The van der Waals surface area contributed by atoms with Crippen molar-refractivity contribution in [3.63, 3.8) is 0 Å². The number of hydrogen-bond donors (Lipinski definition) is 1. The first kappa shape index (κ1) is 11.9. The number of nitrogens with zero attached hydrogens (tertiary/aromatic N) is 2. The molecule has 4 nitrogen and oxygen atoms in total. The molecule has 0 amide bonds. The van der Waals surface area contributed by atoms with Crippen LogP contribution in [0.3, 0.4) is 0 Å². The molecular formula is C13H10FN3O. The second-order valence-corrected chi connectivity index (χ2v) is 3.39. The SMILES string of the molecule is COc1cncc(F)c1C#Cc1ncccc1N. The van der Waals surface area contributed by atoms with Crippen LogP contribution < -0.4 is 10.5 Å². The molecule has 2 aromatic heterocycles. The molecule has 18 heavy (non-hydrogen) atoms. The fraction of sp³-hybridized carbons (Fsp3) is 0.0769. The number of nitrogens with two attached hydrogens (primary N) is 1. The van der Waals surface area contributed by atoms with Gasteiger partial charge in [0.2, 0.25) is 0 Å². The van der Waals surface area contributed by atoms with Gasteiger partial charge in [-0.1, -0.05) is 5.92 Å². The number of halogens is 1. The van der Waals surface area contributed by atoms with Gasteiger partial charge < -0.3 is 10.5 Å². The summed E-state index contributed by atoms with van der Waals surface area (Å²) in [4.78, 5) is 7.68. The summed E-state index contributed by atoms with van der Waals surface area (Å²) in [6.45, 7) is 0. The molecule has 0 aliphatic heterocycles. The number of hydrogen-bond acceptors (Lipinski definition) is 4. The van der Waals surface area contributed by atoms with Gasteiger partial charge in [-0.3, -0.25) is 4.98 Å². The van der Waals surface area contributed by atoms with Crippen LogP contribution in [0.25, 0.3) is 0 Å². The van der Waals surface area contributed by atoms with Crippen molar-refractivity contribution in [2.24, 2.45) is 0 Å². The molecule has 2 aromatic rings. The van der Waals surface area contributed by atoms with E-state index >= 15 is 0 Å². The third-order valence-electron chi connectivity index (χ3n) is 2.23. The first-order valence-electron chi connectivity index (χ1n) is 5.12. The Bertz CT molecular complexity index is 632. The first-order valence-corrected chi connectivity index (χ1v) is 5.12. The van der Waals surface area contributed by atoms with Crippen LogP contribution in [0.4, 0.5) is 10.1 Å². The molecule has 0 bridgehead atoms. The minimum Gasteiger partial charge on any atom is -0.494 e. The number of rotatable bonds is 1. The Hall–Kier alpha value is -2.61. The second kappa shape index (κ2) is 5.15. The maximum atomic E-state index is 13.5. The lowest BCUT2D eigenvalue weighted by Gasteiger charge is -2.02. The Morgan fingerprint density at radius 3 is 2.89 bits per heavy atom. The van der Waals surface area contributed by atoms with Crippen molar-refractivity contribution in [2.45, 2.75) is 0 Å². The fourth-order valence-corrected chi connectivity index (χ4v) is 1.34. The van der Waals surface area contributed by atoms with Crippen LogP contribution in [-0.4, -0.2) is 17.1 Å². The van der Waals surface area contributed by atoms with Crippen LogP contribution >= 0.6 is 0 Å². The predicted octanol–water partition coefficient (Wildman–Crippen LogP) is 1.61. The van der Waals surface area contributed by atoms with Crippen molar-refractivity contribution in [1.82, 2.24) is 9.97 Å². The van der Waals surface area contributed by atoms with E-state index in [2.05, 4.69) is 21.8 Å². The molecule has 0 unspecified atom stereocenters. The lowest BCUT2D eigenvalue weighted by molar-refractivity contribution is 0.407. The minimum absolute atomic E-state index is 0.137. The monoisotopic (exact) mass is 243 g/mol. The molecule has 90 valence electrons. The van der Waals surface area contributed by atoms with E-state index in [1.165, 1.54) is 13.3 Å². The summed E-state index contributed by atoms with van der Waals surface area (Å²) in [5.74, 6) is 5.10. The van der Waals surface area contributed by atoms with Crippen molar-refractivity contribution in [3.05, 3.63) is 47.8 Å². The van der Waals surface area contributed by atoms with Crippen LogP contribution in [0.5, 0.6) is 5.75 Å². The molecule has 0 aliphatic carbocycles. The smallest absolute Gasteiger partial charge is 0.160 e. The van der Waals surface area contributed by atoms with Gasteiger partial charge >= 0.3 is 0 Å². The lowest BCUT2D eigenvalue weighted by Crippen LogP contribution is -1.95. The average Bonchev–Trinajstić information content (AvgIpc) is 2.39. The fourth-order valence-electron chi connectivity index (χ4n) is 1.34. The third kappa shape index (κ3) is 2.38. The van der Waals surface area contributed by atoms with Crippen LogP contribution in [0, 0.1) is 17.7 Å². The molecule has 0 spiro atoms. The van der Waals surface area contributed by atoms with Gasteiger partial charge in [0, 0.05) is 6.20 Å². The van der Waals surface area contributed by atoms with E-state index in [1.807, 2.05) is 0 Å². The number of methoxy groups -OCH3 is 1. The van der Waals surface area contributed by atoms with Crippen molar-refractivity contribution in [2.75, 3.05) is 12.8 Å². The van der Waals surface area contributed by atoms with Gasteiger partial charge in [-0.15, -0.1) is 0 Å². The zero-order valence-corrected chi connectivity index (χ0v) is 9.64. The maximum Gasteiger partial charge on any atom is 0.160 e. The molecule has 0 aromatic carbocycles. The molecule has 0 aliphatic rings. The lowest BCUT2D eigenvalue weighted by atomic mass is 10.2. The summed E-state index contributed by atoms with van der Waals surface area (Å²) in [6, 6.07) is 3.38. The van der Waals surface area contributed by atoms with E-state index in [9.17, 15) is 4.39 Å². The van der Waals surface area contributed by atoms with E-state index in [1.54, 1.807) is 18.3 Å². The number of nitrogen functional groups attached to an aromatic ring is 1. The zero-order valence-electron chi connectivity index (χ0n) is 9.64. The Balaban J connectivity index is 2.45. The highest BCUT2D eigenvalue weighted by molar-refractivity contribution is 5.55. The van der Waals surface area contributed by atoms with Gasteiger partial charge in [0.15, 0.2) is 11.6 Å². The van der Waals surface area contributed by atoms with Gasteiger partial charge in [-0.25, -0.2) is 9.37 Å². The third-order valence-corrected chi connectivity index (χ3v) is 2.23. The second-order valence-electron chi connectivity index (χ2n) is 3.39. The van der Waals surface area contributed by atoms with Gasteiger partial charge in [-0.05, 0) is 18.1 Å². The van der Waals surface area contributed by atoms with Gasteiger partial charge in [0.05, 0.1) is 25.2 Å². The van der Waals surface area contributed by atoms with Crippen LogP contribution in [-0.2, 0) is 0 Å². The molecule has 0 atom stereocenters. The average molecular weight is 243 g/mol. The highest BCUT2D eigenvalue weighted by atomic mass is 19.1. The van der Waals surface area contributed by atoms with Crippen molar-refractivity contribution >= 4 is 5.69 Å². The van der Waals surface area contributed by atoms with E-state index in [0.29, 0.717) is 11.4 Å². The van der Waals surface area contributed by atoms with Crippen LogP contribution in [0.15, 0.2) is 30.7 Å². The number of pyridine rings is 2. The summed E-state index contributed by atoms with van der Waals surface area (Å²) >= 11 is 0. The Labute approximate surface area is 104 Å². The van der Waals surface area contributed by atoms with Crippen LogP contribution in [0.2, 0.25) is 0 Å². The number of anilines is 1. The molecule has 2 rings (SSSR count). The molecule has 0 fully saturated rings.